The van der Waals surface area contributed by atoms with E-state index in [9.17, 15) is 24.0 Å². The minimum absolute atomic E-state index is 0.00711. The molecule has 4 N–H and O–H groups in total. The van der Waals surface area contributed by atoms with E-state index < -0.39 is 29.8 Å². The van der Waals surface area contributed by atoms with E-state index in [-0.39, 0.29) is 35.2 Å². The molecule has 4 aromatic rings. The van der Waals surface area contributed by atoms with Crippen molar-refractivity contribution in [1.82, 2.24) is 25.5 Å². The van der Waals surface area contributed by atoms with Gasteiger partial charge in [0.15, 0.2) is 11.6 Å². The van der Waals surface area contributed by atoms with E-state index in [4.69, 9.17) is 10.5 Å². The number of nitrogens with one attached hydrogen (secondary N) is 2. The summed E-state index contributed by atoms with van der Waals surface area (Å²) in [6.45, 7) is 15.3. The van der Waals surface area contributed by atoms with Crippen LogP contribution in [-0.4, -0.2) is 74.6 Å². The summed E-state index contributed by atoms with van der Waals surface area (Å²) in [6, 6.07) is 26.1. The van der Waals surface area contributed by atoms with Gasteiger partial charge < -0.3 is 21.1 Å². The normalized spacial score (nSPS) is 19.0. The summed E-state index contributed by atoms with van der Waals surface area (Å²) < 4.78 is 5.59. The van der Waals surface area contributed by atoms with Gasteiger partial charge in [-0.2, -0.15) is 0 Å². The first-order valence-corrected chi connectivity index (χ1v) is 23.4. The van der Waals surface area contributed by atoms with Gasteiger partial charge in [0.1, 0.15) is 17.5 Å². The molecule has 2 aromatic heterocycles. The third-order valence-electron chi connectivity index (χ3n) is 12.5. The van der Waals surface area contributed by atoms with Gasteiger partial charge in [0.25, 0.3) is 0 Å². The molecular formula is C53H70N6O6. The molecule has 12 heteroatoms. The second-order valence-electron chi connectivity index (χ2n) is 18.6. The van der Waals surface area contributed by atoms with Crippen molar-refractivity contribution in [2.75, 3.05) is 12.3 Å². The highest BCUT2D eigenvalue weighted by atomic mass is 16.6. The van der Waals surface area contributed by atoms with Gasteiger partial charge in [-0.05, 0) is 133 Å². The summed E-state index contributed by atoms with van der Waals surface area (Å²) >= 11 is 0. The Morgan fingerprint density at radius 3 is 1.78 bits per heavy atom. The van der Waals surface area contributed by atoms with Crippen molar-refractivity contribution in [2.45, 2.75) is 155 Å². The van der Waals surface area contributed by atoms with Crippen LogP contribution < -0.4 is 16.4 Å². The summed E-state index contributed by atoms with van der Waals surface area (Å²) in [6.07, 6.45) is 6.21. The van der Waals surface area contributed by atoms with Gasteiger partial charge in [-0.25, -0.2) is 9.78 Å². The van der Waals surface area contributed by atoms with Crippen LogP contribution in [-0.2, 0) is 49.6 Å². The lowest BCUT2D eigenvalue weighted by molar-refractivity contribution is -0.130. The molecule has 1 aliphatic heterocycles. The van der Waals surface area contributed by atoms with Crippen molar-refractivity contribution < 1.29 is 28.7 Å². The van der Waals surface area contributed by atoms with Gasteiger partial charge in [0.2, 0.25) is 11.8 Å². The fourth-order valence-electron chi connectivity index (χ4n) is 8.83. The van der Waals surface area contributed by atoms with Gasteiger partial charge in [-0.3, -0.25) is 29.1 Å². The molecule has 1 saturated carbocycles. The van der Waals surface area contributed by atoms with Gasteiger partial charge in [0, 0.05) is 48.3 Å². The number of aryl methyl sites for hydroxylation is 5. The first-order chi connectivity index (χ1) is 31.0. The molecule has 0 unspecified atom stereocenters. The van der Waals surface area contributed by atoms with Crippen LogP contribution in [0.2, 0.25) is 0 Å². The van der Waals surface area contributed by atoms with Crippen molar-refractivity contribution >= 4 is 35.3 Å². The molecule has 0 spiro atoms. The molecule has 2 aromatic carbocycles. The number of likely N-dealkylation sites (tertiary alicyclic amines) is 1. The molecule has 12 nitrogen and oxygen atoms in total. The number of hydrogen-bond donors (Lipinski definition) is 3. The number of Topliss-reactive ketones (excluding diaryl/α,β-unsaturated/α-hetero) is 2. The number of benzene rings is 2. The zero-order valence-corrected chi connectivity index (χ0v) is 39.7. The van der Waals surface area contributed by atoms with Gasteiger partial charge in [-0.1, -0.05) is 86.6 Å². The zero-order chi connectivity index (χ0) is 47.3. The maximum atomic E-state index is 13.3. The Balaban J connectivity index is 0.000000250. The molecule has 0 bridgehead atoms. The van der Waals surface area contributed by atoms with Crippen molar-refractivity contribution in [1.29, 1.82) is 0 Å². The second kappa shape index (κ2) is 23.3. The number of anilines is 1. The van der Waals surface area contributed by atoms with Crippen LogP contribution in [0.5, 0.6) is 0 Å². The summed E-state index contributed by atoms with van der Waals surface area (Å²) in [5.41, 5.74) is 12.5. The molecule has 348 valence electrons. The monoisotopic (exact) mass is 887 g/mol. The number of aromatic nitrogens is 2. The van der Waals surface area contributed by atoms with Gasteiger partial charge in [-0.15, -0.1) is 0 Å². The van der Waals surface area contributed by atoms with Crippen LogP contribution >= 0.6 is 0 Å². The summed E-state index contributed by atoms with van der Waals surface area (Å²) in [4.78, 5) is 74.8. The number of hydrogen-bond acceptors (Lipinski definition) is 9. The number of nitrogen functional groups attached to an aromatic ring is 1. The fourth-order valence-corrected chi connectivity index (χ4v) is 8.83. The van der Waals surface area contributed by atoms with Crippen LogP contribution in [0.4, 0.5) is 10.6 Å². The smallest absolute Gasteiger partial charge is 0.410 e. The lowest BCUT2D eigenvalue weighted by Crippen LogP contribution is -2.50. The Labute approximate surface area is 385 Å². The summed E-state index contributed by atoms with van der Waals surface area (Å²) in [5, 5.41) is 5.81. The SMILES string of the molecule is CCc1nc(C)ccc1CCC(=O)[C@H](C)NC(=O)[C@H]1C[C@H](c2ccccc2)CN1C(=O)OC(C)(C)C.CCc1nc(N)ccc1CCC(=O)[C@H](C)NC(=O)[C@@H]1CC[C@@H](c2ccccc2)C1. The maximum absolute atomic E-state index is 13.3. The number of nitrogens with zero attached hydrogens (tertiary/aromatic N) is 3. The standard InChI is InChI=1S/C29H39N3O4.C24H31N3O2/c1-7-24-22(14-13-19(2)30-24)15-16-26(33)20(3)31-27(34)25-17-23(21-11-9-8-10-12-21)18-32(25)28(35)36-29(4,5)6;1-3-21-18(12-14-23(25)27-21)11-13-22(28)16(2)26-24(29)20-10-9-19(15-20)17-7-5-4-6-8-17/h8-14,20,23,25H,7,15-18H2,1-6H3,(H,31,34);4-8,12,14,16,19-20H,3,9-11,13,15H2,1-2H3,(H2,25,27)(H,26,29)/t20-,23-,25+;16-,19+,20+/m00/s1. The zero-order valence-electron chi connectivity index (χ0n) is 39.7. The van der Waals surface area contributed by atoms with E-state index in [2.05, 4.69) is 39.7 Å². The predicted octanol–water partition coefficient (Wildman–Crippen LogP) is 8.57. The molecule has 3 heterocycles. The van der Waals surface area contributed by atoms with E-state index in [1.54, 1.807) is 40.7 Å². The lowest BCUT2D eigenvalue weighted by atomic mass is 9.96. The number of carbonyl (C=O) groups is 5. The molecule has 6 rings (SSSR count). The number of amides is 3. The third-order valence-corrected chi connectivity index (χ3v) is 12.5. The van der Waals surface area contributed by atoms with Crippen LogP contribution in [0, 0.1) is 12.8 Å². The first-order valence-electron chi connectivity index (χ1n) is 23.4. The Bertz CT molecular complexity index is 2240. The maximum Gasteiger partial charge on any atom is 0.410 e. The number of rotatable bonds is 16. The number of nitrogens with two attached hydrogens (primary N) is 1. The molecule has 6 atom stereocenters. The largest absolute Gasteiger partial charge is 0.444 e. The highest BCUT2D eigenvalue weighted by Crippen LogP contribution is 2.38. The van der Waals surface area contributed by atoms with Crippen LogP contribution in [0.1, 0.15) is 138 Å². The second-order valence-corrected chi connectivity index (χ2v) is 18.6. The number of carbonyl (C=O) groups excluding carboxylic acids is 5. The summed E-state index contributed by atoms with van der Waals surface area (Å²) in [5.74, 6) is 0.623. The lowest BCUT2D eigenvalue weighted by Gasteiger charge is -2.28. The molecule has 2 aliphatic rings. The quantitative estimate of drug-likeness (QED) is 0.0996. The molecule has 1 saturated heterocycles. The topological polar surface area (TPSA) is 174 Å². The highest BCUT2D eigenvalue weighted by molar-refractivity contribution is 5.92. The Morgan fingerprint density at radius 1 is 0.708 bits per heavy atom. The van der Waals surface area contributed by atoms with E-state index in [0.29, 0.717) is 50.4 Å². The van der Waals surface area contributed by atoms with E-state index in [0.717, 1.165) is 65.9 Å². The molecule has 0 radical (unpaired) electrons. The Kier molecular flexibility index (Phi) is 18.0. The van der Waals surface area contributed by atoms with Crippen LogP contribution in [0.15, 0.2) is 84.9 Å². The van der Waals surface area contributed by atoms with Gasteiger partial charge >= 0.3 is 6.09 Å². The van der Waals surface area contributed by atoms with E-state index in [1.165, 1.54) is 10.5 Å². The number of ether oxygens (including phenoxy) is 1. The molecule has 1 aliphatic carbocycles. The highest BCUT2D eigenvalue weighted by Gasteiger charge is 2.42. The minimum Gasteiger partial charge on any atom is -0.444 e. The van der Waals surface area contributed by atoms with E-state index in [1.807, 2.05) is 80.6 Å². The third kappa shape index (κ3) is 14.5. The number of ketones is 2. The average Bonchev–Trinajstić information content (AvgIpc) is 3.98. The number of pyridine rings is 2. The molecule has 2 fully saturated rings. The Morgan fingerprint density at radius 2 is 1.23 bits per heavy atom. The molecular weight excluding hydrogens is 817 g/mol. The van der Waals surface area contributed by atoms with Crippen LogP contribution in [0.25, 0.3) is 0 Å². The van der Waals surface area contributed by atoms with Crippen molar-refractivity contribution in [3.05, 3.63) is 124 Å². The van der Waals surface area contributed by atoms with Gasteiger partial charge in [0.05, 0.1) is 12.1 Å². The van der Waals surface area contributed by atoms with Crippen molar-refractivity contribution in [3.63, 3.8) is 0 Å². The fraction of sp³-hybridized carbons (Fsp3) is 0.491. The predicted molar refractivity (Wildman–Crippen MR) is 255 cm³/mol. The van der Waals surface area contributed by atoms with Crippen molar-refractivity contribution in [2.24, 2.45) is 5.92 Å². The van der Waals surface area contributed by atoms with Crippen LogP contribution in [0.3, 0.4) is 0 Å². The minimum atomic E-state index is -0.701. The molecule has 65 heavy (non-hydrogen) atoms. The summed E-state index contributed by atoms with van der Waals surface area (Å²) in [7, 11) is 0. The average molecular weight is 887 g/mol. The first kappa shape index (κ1) is 50.1. The van der Waals surface area contributed by atoms with Crippen molar-refractivity contribution in [3.8, 4) is 0 Å². The van der Waals surface area contributed by atoms with E-state index >= 15 is 0 Å². The Hall–Kier alpha value is -5.91. The molecule has 3 amide bonds.